The molecule has 140 valence electrons. The second-order valence-corrected chi connectivity index (χ2v) is 8.75. The minimum Gasteiger partial charge on any atom is -0.345 e. The highest BCUT2D eigenvalue weighted by atomic mass is 32.2. The number of rotatable bonds is 6. The maximum Gasteiger partial charge on any atom is 0.251 e. The van der Waals surface area contributed by atoms with E-state index in [1.165, 1.54) is 37.4 Å². The fourth-order valence-corrected chi connectivity index (χ4v) is 3.60. The number of hydrogen-bond acceptors (Lipinski definition) is 3. The van der Waals surface area contributed by atoms with Crippen molar-refractivity contribution in [1.29, 1.82) is 0 Å². The zero-order chi connectivity index (χ0) is 19.5. The van der Waals surface area contributed by atoms with Crippen LogP contribution in [0.4, 0.5) is 0 Å². The normalized spacial score (nSPS) is 12.8. The van der Waals surface area contributed by atoms with E-state index in [0.29, 0.717) is 5.56 Å². The third-order valence-electron chi connectivity index (χ3n) is 4.52. The van der Waals surface area contributed by atoms with Gasteiger partial charge in [-0.05, 0) is 55.2 Å². The first-order chi connectivity index (χ1) is 12.2. The highest BCUT2D eigenvalue weighted by Crippen LogP contribution is 2.21. The first-order valence-corrected chi connectivity index (χ1v) is 10.0. The average molecular weight is 375 g/mol. The SMILES string of the molecule is CC[C@@H](NC(=O)c1cccc(S(=O)(=O)N(C)C)c1)c1ccc(C)c(C)c1. The van der Waals surface area contributed by atoms with Gasteiger partial charge in [-0.2, -0.15) is 0 Å². The van der Waals surface area contributed by atoms with Crippen LogP contribution < -0.4 is 5.32 Å². The molecule has 1 N–H and O–H groups in total. The molecule has 0 aliphatic heterocycles. The molecular formula is C20H26N2O3S. The van der Waals surface area contributed by atoms with Crippen LogP contribution in [-0.4, -0.2) is 32.7 Å². The van der Waals surface area contributed by atoms with Crippen molar-refractivity contribution >= 4 is 15.9 Å². The molecule has 1 atom stereocenters. The van der Waals surface area contributed by atoms with Gasteiger partial charge in [-0.15, -0.1) is 0 Å². The van der Waals surface area contributed by atoms with E-state index < -0.39 is 10.0 Å². The molecule has 0 saturated heterocycles. The highest BCUT2D eigenvalue weighted by Gasteiger charge is 2.20. The number of carbonyl (C=O) groups is 1. The summed E-state index contributed by atoms with van der Waals surface area (Å²) in [5.74, 6) is -0.286. The second kappa shape index (κ2) is 8.01. The molecule has 6 heteroatoms. The Morgan fingerprint density at radius 3 is 2.35 bits per heavy atom. The van der Waals surface area contributed by atoms with Gasteiger partial charge < -0.3 is 5.32 Å². The lowest BCUT2D eigenvalue weighted by Crippen LogP contribution is -2.28. The summed E-state index contributed by atoms with van der Waals surface area (Å²) in [4.78, 5) is 12.8. The Labute approximate surface area is 156 Å². The molecule has 26 heavy (non-hydrogen) atoms. The molecule has 0 unspecified atom stereocenters. The minimum absolute atomic E-state index is 0.106. The van der Waals surface area contributed by atoms with Crippen LogP contribution >= 0.6 is 0 Å². The molecule has 0 aliphatic rings. The first kappa shape index (κ1) is 20.1. The Hall–Kier alpha value is -2.18. The fraction of sp³-hybridized carbons (Fsp3) is 0.350. The van der Waals surface area contributed by atoms with Gasteiger partial charge in [0, 0.05) is 19.7 Å². The Balaban J connectivity index is 2.27. The summed E-state index contributed by atoms with van der Waals surface area (Å²) in [6.07, 6.45) is 0.740. The van der Waals surface area contributed by atoms with Crippen molar-refractivity contribution in [3.63, 3.8) is 0 Å². The molecule has 0 aromatic heterocycles. The zero-order valence-corrected chi connectivity index (χ0v) is 16.7. The molecule has 2 aromatic carbocycles. The van der Waals surface area contributed by atoms with Gasteiger partial charge in [0.05, 0.1) is 10.9 Å². The number of hydrogen-bond donors (Lipinski definition) is 1. The van der Waals surface area contributed by atoms with Gasteiger partial charge in [0.15, 0.2) is 0 Å². The van der Waals surface area contributed by atoms with Crippen molar-refractivity contribution in [2.75, 3.05) is 14.1 Å². The molecule has 0 bridgehead atoms. The molecule has 0 heterocycles. The van der Waals surface area contributed by atoms with Gasteiger partial charge in [-0.3, -0.25) is 4.79 Å². The van der Waals surface area contributed by atoms with Crippen LogP contribution in [0.15, 0.2) is 47.4 Å². The van der Waals surface area contributed by atoms with Gasteiger partial charge in [-0.25, -0.2) is 12.7 Å². The average Bonchev–Trinajstić information content (AvgIpc) is 2.61. The molecule has 5 nitrogen and oxygen atoms in total. The topological polar surface area (TPSA) is 66.5 Å². The Kier molecular flexibility index (Phi) is 6.21. The van der Waals surface area contributed by atoms with E-state index in [1.807, 2.05) is 26.0 Å². The lowest BCUT2D eigenvalue weighted by Gasteiger charge is -2.19. The monoisotopic (exact) mass is 374 g/mol. The third-order valence-corrected chi connectivity index (χ3v) is 6.33. The van der Waals surface area contributed by atoms with E-state index in [-0.39, 0.29) is 16.8 Å². The van der Waals surface area contributed by atoms with Crippen molar-refractivity contribution in [1.82, 2.24) is 9.62 Å². The van der Waals surface area contributed by atoms with Gasteiger partial charge in [-0.1, -0.05) is 31.2 Å². The fourth-order valence-electron chi connectivity index (χ4n) is 2.65. The van der Waals surface area contributed by atoms with Gasteiger partial charge in [0.1, 0.15) is 0 Å². The van der Waals surface area contributed by atoms with E-state index in [9.17, 15) is 13.2 Å². The Morgan fingerprint density at radius 1 is 1.08 bits per heavy atom. The molecule has 2 aromatic rings. The lowest BCUT2D eigenvalue weighted by molar-refractivity contribution is 0.0935. The molecule has 1 amide bonds. The number of carbonyl (C=O) groups excluding carboxylic acids is 1. The molecule has 0 saturated carbocycles. The largest absolute Gasteiger partial charge is 0.345 e. The predicted molar refractivity (Wildman–Crippen MR) is 104 cm³/mol. The van der Waals surface area contributed by atoms with E-state index in [4.69, 9.17) is 0 Å². The van der Waals surface area contributed by atoms with Gasteiger partial charge >= 0.3 is 0 Å². The molecule has 0 fully saturated rings. The summed E-state index contributed by atoms with van der Waals surface area (Å²) in [5.41, 5.74) is 3.75. The number of nitrogens with one attached hydrogen (secondary N) is 1. The van der Waals surface area contributed by atoms with Crippen molar-refractivity contribution in [2.24, 2.45) is 0 Å². The minimum atomic E-state index is -3.58. The van der Waals surface area contributed by atoms with Crippen LogP contribution in [0.25, 0.3) is 0 Å². The van der Waals surface area contributed by atoms with Crippen LogP contribution in [0.3, 0.4) is 0 Å². The quantitative estimate of drug-likeness (QED) is 0.842. The van der Waals surface area contributed by atoms with Gasteiger partial charge in [0.25, 0.3) is 5.91 Å². The number of sulfonamides is 1. The maximum absolute atomic E-state index is 12.7. The molecule has 0 spiro atoms. The van der Waals surface area contributed by atoms with E-state index in [1.54, 1.807) is 12.1 Å². The van der Waals surface area contributed by atoms with Crippen LogP contribution in [0.2, 0.25) is 0 Å². The molecule has 0 aliphatic carbocycles. The van der Waals surface area contributed by atoms with Crippen LogP contribution in [0.1, 0.15) is 46.4 Å². The summed E-state index contributed by atoms with van der Waals surface area (Å²) >= 11 is 0. The van der Waals surface area contributed by atoms with Crippen LogP contribution in [-0.2, 0) is 10.0 Å². The Bertz CT molecular complexity index is 905. The number of amides is 1. The molecule has 2 rings (SSSR count). The summed E-state index contributed by atoms with van der Waals surface area (Å²) in [5, 5.41) is 3.01. The number of nitrogens with zero attached hydrogens (tertiary/aromatic N) is 1. The molecule has 0 radical (unpaired) electrons. The predicted octanol–water partition coefficient (Wildman–Crippen LogP) is 3.43. The second-order valence-electron chi connectivity index (χ2n) is 6.59. The van der Waals surface area contributed by atoms with Crippen molar-refractivity contribution < 1.29 is 13.2 Å². The van der Waals surface area contributed by atoms with E-state index in [2.05, 4.69) is 18.3 Å². The molecular weight excluding hydrogens is 348 g/mol. The van der Waals surface area contributed by atoms with Crippen molar-refractivity contribution in [2.45, 2.75) is 38.1 Å². The van der Waals surface area contributed by atoms with Crippen LogP contribution in [0.5, 0.6) is 0 Å². The summed E-state index contributed by atoms with van der Waals surface area (Å²) in [6, 6.07) is 12.1. The smallest absolute Gasteiger partial charge is 0.251 e. The maximum atomic E-state index is 12.7. The lowest BCUT2D eigenvalue weighted by atomic mass is 9.99. The third kappa shape index (κ3) is 4.31. The van der Waals surface area contributed by atoms with E-state index >= 15 is 0 Å². The van der Waals surface area contributed by atoms with Crippen LogP contribution in [0, 0.1) is 13.8 Å². The Morgan fingerprint density at radius 2 is 1.77 bits per heavy atom. The van der Waals surface area contributed by atoms with E-state index in [0.717, 1.165) is 16.3 Å². The summed E-state index contributed by atoms with van der Waals surface area (Å²) < 4.78 is 25.7. The highest BCUT2D eigenvalue weighted by molar-refractivity contribution is 7.89. The zero-order valence-electron chi connectivity index (χ0n) is 15.9. The standard InChI is InChI=1S/C20H26N2O3S/c1-6-19(16-11-10-14(2)15(3)12-16)21-20(23)17-8-7-9-18(13-17)26(24,25)22(4)5/h7-13,19H,6H2,1-5H3,(H,21,23)/t19-/m1/s1. The first-order valence-electron chi connectivity index (χ1n) is 8.57. The number of benzene rings is 2. The van der Waals surface area contributed by atoms with Crippen molar-refractivity contribution in [3.8, 4) is 0 Å². The summed E-state index contributed by atoms with van der Waals surface area (Å²) in [6.45, 7) is 6.10. The van der Waals surface area contributed by atoms with Gasteiger partial charge in [0.2, 0.25) is 10.0 Å². The number of aryl methyl sites for hydroxylation is 2. The van der Waals surface area contributed by atoms with Crippen molar-refractivity contribution in [3.05, 3.63) is 64.7 Å². The summed E-state index contributed by atoms with van der Waals surface area (Å²) in [7, 11) is -0.642.